The van der Waals surface area contributed by atoms with E-state index in [1.807, 2.05) is 0 Å². The molecule has 0 spiro atoms. The first-order chi connectivity index (χ1) is 9.56. The third-order valence-electron chi connectivity index (χ3n) is 3.96. The molecule has 1 N–H and O–H groups in total. The van der Waals surface area contributed by atoms with Crippen molar-refractivity contribution in [2.75, 3.05) is 0 Å². The van der Waals surface area contributed by atoms with Gasteiger partial charge in [0.25, 0.3) is 0 Å². The molecule has 0 saturated heterocycles. The van der Waals surface area contributed by atoms with Gasteiger partial charge in [0.1, 0.15) is 5.75 Å². The van der Waals surface area contributed by atoms with Crippen LogP contribution in [0.3, 0.4) is 0 Å². The van der Waals surface area contributed by atoms with Gasteiger partial charge in [0.15, 0.2) is 0 Å². The first kappa shape index (κ1) is 15.5. The van der Waals surface area contributed by atoms with Gasteiger partial charge in [0, 0.05) is 23.2 Å². The van der Waals surface area contributed by atoms with Crippen LogP contribution in [0.1, 0.15) is 38.2 Å². The lowest BCUT2D eigenvalue weighted by Crippen LogP contribution is -2.31. The Hall–Kier alpha value is -0.870. The minimum atomic E-state index is -2.82. The fourth-order valence-electron chi connectivity index (χ4n) is 2.79. The Morgan fingerprint density at radius 3 is 2.70 bits per heavy atom. The van der Waals surface area contributed by atoms with Gasteiger partial charge in [-0.05, 0) is 43.9 Å². The Morgan fingerprint density at radius 1 is 1.35 bits per heavy atom. The Labute approximate surface area is 123 Å². The molecule has 1 aromatic rings. The van der Waals surface area contributed by atoms with Gasteiger partial charge in [0.05, 0.1) is 0 Å². The van der Waals surface area contributed by atoms with Gasteiger partial charge in [-0.25, -0.2) is 0 Å². The predicted molar refractivity (Wildman–Crippen MR) is 76.3 cm³/mol. The average molecular weight is 304 g/mol. The number of halogens is 3. The Kier molecular flexibility index (Phi) is 5.61. The summed E-state index contributed by atoms with van der Waals surface area (Å²) in [5.74, 6) is 0.865. The van der Waals surface area contributed by atoms with Crippen molar-refractivity contribution in [3.8, 4) is 5.75 Å². The molecule has 5 heteroatoms. The summed E-state index contributed by atoms with van der Waals surface area (Å²) in [7, 11) is 0. The number of alkyl halides is 2. The smallest absolute Gasteiger partial charge is 0.387 e. The van der Waals surface area contributed by atoms with Gasteiger partial charge in [0.2, 0.25) is 0 Å². The highest BCUT2D eigenvalue weighted by Crippen LogP contribution is 2.29. The summed E-state index contributed by atoms with van der Waals surface area (Å²) in [5, 5.41) is 3.92. The fraction of sp³-hybridized carbons (Fsp3) is 0.600. The standard InChI is InChI=1S/C15H20ClF2NO/c1-10(11-4-2-3-5-11)19-9-12-8-13(16)6-7-14(12)20-15(17)18/h6-8,10-11,15,19H,2-5,9H2,1H3/t10-/m0/s1. The number of hydrogen-bond acceptors (Lipinski definition) is 2. The first-order valence-electron chi connectivity index (χ1n) is 7.03. The Balaban J connectivity index is 1.98. The molecule has 2 rings (SSSR count). The lowest BCUT2D eigenvalue weighted by molar-refractivity contribution is -0.0505. The summed E-state index contributed by atoms with van der Waals surface area (Å²) in [6.45, 7) is -0.184. The quantitative estimate of drug-likeness (QED) is 0.828. The zero-order valence-corrected chi connectivity index (χ0v) is 12.3. The number of benzene rings is 1. The van der Waals surface area contributed by atoms with Crippen LogP contribution >= 0.6 is 11.6 Å². The minimum absolute atomic E-state index is 0.190. The molecule has 2 nitrogen and oxygen atoms in total. The summed E-state index contributed by atoms with van der Waals surface area (Å²) < 4.78 is 29.3. The van der Waals surface area contributed by atoms with E-state index in [0.717, 1.165) is 0 Å². The van der Waals surface area contributed by atoms with Crippen molar-refractivity contribution in [2.45, 2.75) is 51.8 Å². The molecule has 0 aromatic heterocycles. The minimum Gasteiger partial charge on any atom is -0.434 e. The summed E-state index contributed by atoms with van der Waals surface area (Å²) >= 11 is 5.92. The maximum Gasteiger partial charge on any atom is 0.387 e. The molecule has 0 heterocycles. The number of hydrogen-bond donors (Lipinski definition) is 1. The third kappa shape index (κ3) is 4.32. The topological polar surface area (TPSA) is 21.3 Å². The molecule has 0 unspecified atom stereocenters. The van der Waals surface area contributed by atoms with E-state index in [4.69, 9.17) is 11.6 Å². The highest BCUT2D eigenvalue weighted by Gasteiger charge is 2.21. The average Bonchev–Trinajstić information content (AvgIpc) is 2.92. The largest absolute Gasteiger partial charge is 0.434 e. The SMILES string of the molecule is C[C@H](NCc1cc(Cl)ccc1OC(F)F)C1CCCC1. The summed E-state index contributed by atoms with van der Waals surface area (Å²) in [5.41, 5.74) is 0.669. The van der Waals surface area contributed by atoms with Crippen molar-refractivity contribution in [2.24, 2.45) is 5.92 Å². The maximum atomic E-state index is 12.4. The van der Waals surface area contributed by atoms with Gasteiger partial charge in [-0.3, -0.25) is 0 Å². The normalized spacial score (nSPS) is 17.6. The molecule has 1 atom stereocenters. The van der Waals surface area contributed by atoms with Crippen LogP contribution in [0.15, 0.2) is 18.2 Å². The third-order valence-corrected chi connectivity index (χ3v) is 4.20. The molecule has 1 fully saturated rings. The lowest BCUT2D eigenvalue weighted by atomic mass is 9.99. The van der Waals surface area contributed by atoms with Gasteiger partial charge in [-0.15, -0.1) is 0 Å². The molecule has 112 valence electrons. The van der Waals surface area contributed by atoms with Gasteiger partial charge in [-0.1, -0.05) is 24.4 Å². The summed E-state index contributed by atoms with van der Waals surface area (Å²) in [4.78, 5) is 0. The molecule has 1 aliphatic rings. The summed E-state index contributed by atoms with van der Waals surface area (Å²) in [6, 6.07) is 5.10. The van der Waals surface area contributed by atoms with Gasteiger partial charge < -0.3 is 10.1 Å². The van der Waals surface area contributed by atoms with Crippen LogP contribution in [0.4, 0.5) is 8.78 Å². The molecule has 0 aliphatic heterocycles. The monoisotopic (exact) mass is 303 g/mol. The van der Waals surface area contributed by atoms with Crippen molar-refractivity contribution < 1.29 is 13.5 Å². The van der Waals surface area contributed by atoms with E-state index >= 15 is 0 Å². The second-order valence-electron chi connectivity index (χ2n) is 5.34. The fourth-order valence-corrected chi connectivity index (χ4v) is 2.99. The van der Waals surface area contributed by atoms with E-state index < -0.39 is 6.61 Å². The molecule has 0 amide bonds. The van der Waals surface area contributed by atoms with Crippen molar-refractivity contribution >= 4 is 11.6 Å². The van der Waals surface area contributed by atoms with Crippen LogP contribution in [0.2, 0.25) is 5.02 Å². The van der Waals surface area contributed by atoms with Crippen molar-refractivity contribution in [1.29, 1.82) is 0 Å². The predicted octanol–water partition coefficient (Wildman–Crippen LogP) is 4.61. The van der Waals surface area contributed by atoms with E-state index in [-0.39, 0.29) is 5.75 Å². The second kappa shape index (κ2) is 7.23. The van der Waals surface area contributed by atoms with Crippen LogP contribution in [-0.2, 0) is 6.54 Å². The van der Waals surface area contributed by atoms with E-state index in [0.29, 0.717) is 29.1 Å². The van der Waals surface area contributed by atoms with Crippen molar-refractivity contribution in [3.05, 3.63) is 28.8 Å². The highest BCUT2D eigenvalue weighted by atomic mass is 35.5. The first-order valence-corrected chi connectivity index (χ1v) is 7.40. The Bertz CT molecular complexity index is 436. The second-order valence-corrected chi connectivity index (χ2v) is 5.78. The molecule has 1 aromatic carbocycles. The molecular formula is C15H20ClF2NO. The van der Waals surface area contributed by atoms with Crippen molar-refractivity contribution in [3.63, 3.8) is 0 Å². The van der Waals surface area contributed by atoms with Crippen LogP contribution in [0.25, 0.3) is 0 Å². The molecule has 20 heavy (non-hydrogen) atoms. The van der Waals surface area contributed by atoms with Crippen LogP contribution < -0.4 is 10.1 Å². The van der Waals surface area contributed by atoms with E-state index in [2.05, 4.69) is 17.0 Å². The van der Waals surface area contributed by atoms with Crippen LogP contribution in [-0.4, -0.2) is 12.7 Å². The molecular weight excluding hydrogens is 284 g/mol. The zero-order valence-electron chi connectivity index (χ0n) is 11.5. The lowest BCUT2D eigenvalue weighted by Gasteiger charge is -2.21. The number of rotatable bonds is 6. The number of nitrogens with one attached hydrogen (secondary N) is 1. The Morgan fingerprint density at radius 2 is 2.05 bits per heavy atom. The molecule has 0 bridgehead atoms. The number of ether oxygens (including phenoxy) is 1. The highest BCUT2D eigenvalue weighted by molar-refractivity contribution is 6.30. The van der Waals surface area contributed by atoms with Crippen LogP contribution in [0, 0.1) is 5.92 Å². The van der Waals surface area contributed by atoms with Gasteiger partial charge >= 0.3 is 6.61 Å². The molecule has 0 radical (unpaired) electrons. The molecule has 1 aliphatic carbocycles. The van der Waals surface area contributed by atoms with Gasteiger partial charge in [-0.2, -0.15) is 8.78 Å². The zero-order chi connectivity index (χ0) is 14.5. The maximum absolute atomic E-state index is 12.4. The van der Waals surface area contributed by atoms with E-state index in [9.17, 15) is 8.78 Å². The van der Waals surface area contributed by atoms with E-state index in [1.165, 1.54) is 31.7 Å². The summed E-state index contributed by atoms with van der Waals surface area (Å²) in [6.07, 6.45) is 5.05. The molecule has 1 saturated carbocycles. The van der Waals surface area contributed by atoms with Crippen molar-refractivity contribution in [1.82, 2.24) is 5.32 Å². The van der Waals surface area contributed by atoms with E-state index in [1.54, 1.807) is 12.1 Å². The van der Waals surface area contributed by atoms with Crippen LogP contribution in [0.5, 0.6) is 5.75 Å².